The number of rotatable bonds is 8. The molecule has 0 aliphatic carbocycles. The summed E-state index contributed by atoms with van der Waals surface area (Å²) < 4.78 is 37.2. The third kappa shape index (κ3) is 5.13. The molecule has 1 amide bonds. The molecule has 0 bridgehead atoms. The van der Waals surface area contributed by atoms with E-state index in [0.717, 1.165) is 0 Å². The van der Waals surface area contributed by atoms with Gasteiger partial charge in [0.05, 0.1) is 18.3 Å². The Labute approximate surface area is 177 Å². The zero-order chi connectivity index (χ0) is 22.6. The van der Waals surface area contributed by atoms with Crippen molar-refractivity contribution in [3.8, 4) is 5.75 Å². The van der Waals surface area contributed by atoms with Crippen LogP contribution >= 0.6 is 0 Å². The number of esters is 1. The molecular formula is C18H20N6O6S. The summed E-state index contributed by atoms with van der Waals surface area (Å²) >= 11 is 0. The number of hydrogen-bond donors (Lipinski definition) is 3. The first-order valence-corrected chi connectivity index (χ1v) is 10.5. The Balaban J connectivity index is 1.60. The highest BCUT2D eigenvalue weighted by Gasteiger charge is 2.27. The predicted molar refractivity (Wildman–Crippen MR) is 109 cm³/mol. The summed E-state index contributed by atoms with van der Waals surface area (Å²) in [7, 11) is -2.53. The van der Waals surface area contributed by atoms with E-state index in [1.54, 1.807) is 0 Å². The van der Waals surface area contributed by atoms with E-state index in [9.17, 15) is 18.0 Å². The number of carbonyl (C=O) groups excluding carboxylic acids is 2. The average molecular weight is 448 g/mol. The Morgan fingerprint density at radius 1 is 1.10 bits per heavy atom. The zero-order valence-corrected chi connectivity index (χ0v) is 17.6. The van der Waals surface area contributed by atoms with E-state index in [2.05, 4.69) is 30.0 Å². The third-order valence-corrected chi connectivity index (χ3v) is 5.74. The van der Waals surface area contributed by atoms with Crippen LogP contribution in [0.15, 0.2) is 41.8 Å². The molecule has 3 rings (SSSR count). The van der Waals surface area contributed by atoms with Crippen molar-refractivity contribution in [3.63, 3.8) is 0 Å². The number of nitrogens with one attached hydrogen (secondary N) is 3. The van der Waals surface area contributed by atoms with Crippen LogP contribution in [0.1, 0.15) is 13.8 Å². The fraction of sp³-hybridized carbons (Fsp3) is 0.278. The van der Waals surface area contributed by atoms with Gasteiger partial charge in [0.25, 0.3) is 5.91 Å². The van der Waals surface area contributed by atoms with E-state index >= 15 is 0 Å². The molecule has 0 saturated heterocycles. The molecule has 2 heterocycles. The lowest BCUT2D eigenvalue weighted by atomic mass is 10.3. The number of ether oxygens (including phenoxy) is 2. The number of aromatic amines is 1. The Hall–Kier alpha value is -3.58. The molecule has 2 atom stereocenters. The first-order valence-electron chi connectivity index (χ1n) is 9.03. The minimum Gasteiger partial charge on any atom is -0.497 e. The molecule has 12 nitrogen and oxygen atoms in total. The number of aromatic nitrogens is 4. The van der Waals surface area contributed by atoms with Gasteiger partial charge in [-0.2, -0.15) is 4.72 Å². The molecule has 0 aliphatic heterocycles. The topological polar surface area (TPSA) is 165 Å². The monoisotopic (exact) mass is 448 g/mol. The maximum atomic E-state index is 12.4. The number of H-pyrrole nitrogens is 1. The number of anilines is 1. The van der Waals surface area contributed by atoms with E-state index < -0.39 is 34.0 Å². The van der Waals surface area contributed by atoms with E-state index in [1.165, 1.54) is 57.9 Å². The quantitative estimate of drug-likeness (QED) is 0.418. The largest absolute Gasteiger partial charge is 0.497 e. The van der Waals surface area contributed by atoms with Gasteiger partial charge < -0.3 is 19.8 Å². The highest BCUT2D eigenvalue weighted by atomic mass is 32.2. The van der Waals surface area contributed by atoms with Crippen LogP contribution in [0.5, 0.6) is 5.75 Å². The second-order valence-corrected chi connectivity index (χ2v) is 8.12. The summed E-state index contributed by atoms with van der Waals surface area (Å²) in [6.07, 6.45) is 1.41. The summed E-state index contributed by atoms with van der Waals surface area (Å²) in [4.78, 5) is 39.3. The van der Waals surface area contributed by atoms with Gasteiger partial charge in [-0.3, -0.25) is 9.59 Å². The number of carbonyl (C=O) groups is 2. The molecule has 0 spiro atoms. The van der Waals surface area contributed by atoms with Crippen molar-refractivity contribution in [2.45, 2.75) is 30.9 Å². The Bertz CT molecular complexity index is 1190. The molecule has 2 aromatic heterocycles. The SMILES string of the molecule is COc1ccc(S(=O)(=O)N[C@@H](C)C(=O)OC(C)C(=O)Nc2ncnc3nc[nH]c23)cc1. The van der Waals surface area contributed by atoms with Crippen molar-refractivity contribution in [1.82, 2.24) is 24.7 Å². The Morgan fingerprint density at radius 2 is 1.81 bits per heavy atom. The second kappa shape index (κ2) is 9.06. The van der Waals surface area contributed by atoms with Gasteiger partial charge in [0, 0.05) is 0 Å². The van der Waals surface area contributed by atoms with Gasteiger partial charge in [0.15, 0.2) is 17.6 Å². The van der Waals surface area contributed by atoms with Gasteiger partial charge in [-0.15, -0.1) is 0 Å². The second-order valence-electron chi connectivity index (χ2n) is 6.41. The van der Waals surface area contributed by atoms with Crippen molar-refractivity contribution in [2.24, 2.45) is 0 Å². The van der Waals surface area contributed by atoms with Crippen LogP contribution in [0, 0.1) is 0 Å². The third-order valence-electron chi connectivity index (χ3n) is 4.18. The Morgan fingerprint density at radius 3 is 2.48 bits per heavy atom. The molecule has 0 radical (unpaired) electrons. The van der Waals surface area contributed by atoms with E-state index in [1.807, 2.05) is 0 Å². The first kappa shape index (κ1) is 22.1. The fourth-order valence-corrected chi connectivity index (χ4v) is 3.70. The van der Waals surface area contributed by atoms with Crippen LogP contribution in [-0.2, 0) is 24.3 Å². The van der Waals surface area contributed by atoms with Crippen LogP contribution in [-0.4, -0.2) is 59.5 Å². The number of amides is 1. The maximum Gasteiger partial charge on any atom is 0.324 e. The molecule has 164 valence electrons. The van der Waals surface area contributed by atoms with Crippen molar-refractivity contribution in [2.75, 3.05) is 12.4 Å². The van der Waals surface area contributed by atoms with Gasteiger partial charge >= 0.3 is 5.97 Å². The number of sulfonamides is 1. The van der Waals surface area contributed by atoms with Gasteiger partial charge in [0.1, 0.15) is 23.6 Å². The normalized spacial score (nSPS) is 13.4. The predicted octanol–water partition coefficient (Wildman–Crippen LogP) is 0.599. The van der Waals surface area contributed by atoms with Crippen molar-refractivity contribution >= 4 is 38.9 Å². The number of methoxy groups -OCH3 is 1. The van der Waals surface area contributed by atoms with Crippen LogP contribution in [0.3, 0.4) is 0 Å². The van der Waals surface area contributed by atoms with Gasteiger partial charge in [-0.25, -0.2) is 23.4 Å². The molecule has 13 heteroatoms. The van der Waals surface area contributed by atoms with Crippen molar-refractivity contribution in [3.05, 3.63) is 36.9 Å². The van der Waals surface area contributed by atoms with Crippen molar-refractivity contribution in [1.29, 1.82) is 0 Å². The molecule has 1 aromatic carbocycles. The molecule has 31 heavy (non-hydrogen) atoms. The molecule has 3 N–H and O–H groups in total. The highest BCUT2D eigenvalue weighted by Crippen LogP contribution is 2.17. The molecular weight excluding hydrogens is 428 g/mol. The Kier molecular flexibility index (Phi) is 6.46. The first-order chi connectivity index (χ1) is 14.7. The van der Waals surface area contributed by atoms with Gasteiger partial charge in [-0.05, 0) is 38.1 Å². The fourth-order valence-electron chi connectivity index (χ4n) is 2.51. The highest BCUT2D eigenvalue weighted by molar-refractivity contribution is 7.89. The molecule has 0 fully saturated rings. The lowest BCUT2D eigenvalue weighted by Gasteiger charge is -2.17. The van der Waals surface area contributed by atoms with Crippen LogP contribution in [0.2, 0.25) is 0 Å². The van der Waals surface area contributed by atoms with E-state index in [0.29, 0.717) is 16.9 Å². The molecule has 1 unspecified atom stereocenters. The summed E-state index contributed by atoms with van der Waals surface area (Å²) in [5.41, 5.74) is 0.770. The molecule has 0 aliphatic rings. The van der Waals surface area contributed by atoms with Gasteiger partial charge in [-0.1, -0.05) is 0 Å². The zero-order valence-electron chi connectivity index (χ0n) is 16.8. The van der Waals surface area contributed by atoms with Crippen LogP contribution in [0.4, 0.5) is 5.82 Å². The van der Waals surface area contributed by atoms with E-state index in [-0.39, 0.29) is 10.7 Å². The number of imidazole rings is 1. The number of hydrogen-bond acceptors (Lipinski definition) is 9. The van der Waals surface area contributed by atoms with Gasteiger partial charge in [0.2, 0.25) is 10.0 Å². The smallest absolute Gasteiger partial charge is 0.324 e. The number of nitrogens with zero attached hydrogens (tertiary/aromatic N) is 3. The number of fused-ring (bicyclic) bond motifs is 1. The lowest BCUT2D eigenvalue weighted by molar-refractivity contribution is -0.154. The molecule has 3 aromatic rings. The summed E-state index contributed by atoms with van der Waals surface area (Å²) in [6, 6.07) is 4.41. The average Bonchev–Trinajstić information content (AvgIpc) is 3.23. The molecule has 0 saturated carbocycles. The number of benzene rings is 1. The van der Waals surface area contributed by atoms with Crippen LogP contribution in [0.25, 0.3) is 11.2 Å². The van der Waals surface area contributed by atoms with Crippen molar-refractivity contribution < 1.29 is 27.5 Å². The van der Waals surface area contributed by atoms with E-state index in [4.69, 9.17) is 9.47 Å². The minimum absolute atomic E-state index is 0.0499. The summed E-state index contributed by atoms with van der Waals surface area (Å²) in [6.45, 7) is 2.66. The lowest BCUT2D eigenvalue weighted by Crippen LogP contribution is -2.42. The van der Waals surface area contributed by atoms with Crippen LogP contribution < -0.4 is 14.8 Å². The summed E-state index contributed by atoms with van der Waals surface area (Å²) in [5, 5.41) is 2.51. The maximum absolute atomic E-state index is 12.4. The minimum atomic E-state index is -3.99. The summed E-state index contributed by atoms with van der Waals surface area (Å²) in [5.74, 6) is -0.923. The standard InChI is InChI=1S/C18H20N6O6S/c1-10(24-31(27,28)13-6-4-12(29-3)5-7-13)18(26)30-11(2)17(25)23-16-14-15(20-8-19-14)21-9-22-16/h4-11,24H,1-3H3,(H2,19,20,21,22,23,25)/t10-,11?/m0/s1.